The summed E-state index contributed by atoms with van der Waals surface area (Å²) in [5.41, 5.74) is 2.73. The third-order valence-electron chi connectivity index (χ3n) is 5.09. The summed E-state index contributed by atoms with van der Waals surface area (Å²) in [4.78, 5) is 36.2. The van der Waals surface area contributed by atoms with Gasteiger partial charge >= 0.3 is 0 Å². The number of benzene rings is 2. The zero-order valence-electron chi connectivity index (χ0n) is 17.2. The van der Waals surface area contributed by atoms with E-state index in [0.29, 0.717) is 29.0 Å². The van der Waals surface area contributed by atoms with Gasteiger partial charge in [-0.3, -0.25) is 14.6 Å². The third kappa shape index (κ3) is 4.83. The molecule has 2 aromatic rings. The molecule has 0 unspecified atom stereocenters. The Kier molecular flexibility index (Phi) is 6.73. The number of carbonyl (C=O) groups excluding carboxylic acids is 2. The van der Waals surface area contributed by atoms with E-state index < -0.39 is 0 Å². The molecule has 160 valence electrons. The molecule has 2 aliphatic heterocycles. The summed E-state index contributed by atoms with van der Waals surface area (Å²) in [7, 11) is 0. The highest BCUT2D eigenvalue weighted by atomic mass is 35.5. The van der Waals surface area contributed by atoms with Crippen molar-refractivity contribution in [2.75, 3.05) is 12.3 Å². The number of aliphatic imine (C=N–C) groups is 2. The van der Waals surface area contributed by atoms with Crippen molar-refractivity contribution in [1.82, 2.24) is 10.2 Å². The molecule has 4 rings (SSSR count). The quantitative estimate of drug-likeness (QED) is 0.681. The van der Waals surface area contributed by atoms with Crippen molar-refractivity contribution < 1.29 is 9.59 Å². The van der Waals surface area contributed by atoms with E-state index in [1.54, 1.807) is 4.90 Å². The maximum Gasteiger partial charge on any atom is 0.259 e. The Hall–Kier alpha value is -2.64. The molecular formula is C23H23ClN4O2S. The summed E-state index contributed by atoms with van der Waals surface area (Å²) in [6.45, 7) is 2.57. The first kappa shape index (κ1) is 21.6. The monoisotopic (exact) mass is 454 g/mol. The van der Waals surface area contributed by atoms with Gasteiger partial charge in [0.1, 0.15) is 11.9 Å². The van der Waals surface area contributed by atoms with Crippen LogP contribution in [0, 0.1) is 0 Å². The number of hydrogen-bond acceptors (Lipinski definition) is 5. The molecule has 0 aliphatic carbocycles. The van der Waals surface area contributed by atoms with Crippen LogP contribution in [0.4, 0.5) is 5.69 Å². The Balaban J connectivity index is 1.40. The molecule has 1 N–H and O–H groups in total. The fourth-order valence-corrected chi connectivity index (χ4v) is 4.50. The normalized spacial score (nSPS) is 17.0. The summed E-state index contributed by atoms with van der Waals surface area (Å²) < 4.78 is 0. The number of carbonyl (C=O) groups is 2. The second-order valence-electron chi connectivity index (χ2n) is 7.36. The van der Waals surface area contributed by atoms with Crippen LogP contribution in [0.25, 0.3) is 0 Å². The molecule has 0 spiro atoms. The van der Waals surface area contributed by atoms with Crippen molar-refractivity contribution in [3.05, 3.63) is 64.7 Å². The lowest BCUT2D eigenvalue weighted by Crippen LogP contribution is -2.41. The maximum absolute atomic E-state index is 13.0. The van der Waals surface area contributed by atoms with E-state index in [1.165, 1.54) is 11.8 Å². The first-order valence-corrected chi connectivity index (χ1v) is 11.7. The van der Waals surface area contributed by atoms with Gasteiger partial charge in [-0.05, 0) is 42.7 Å². The number of para-hydroxylation sites is 1. The van der Waals surface area contributed by atoms with Gasteiger partial charge in [-0.25, -0.2) is 9.89 Å². The minimum atomic E-state index is -0.384. The van der Waals surface area contributed by atoms with Gasteiger partial charge < -0.3 is 5.32 Å². The van der Waals surface area contributed by atoms with Gasteiger partial charge in [0.05, 0.1) is 11.4 Å². The number of nitrogens with zero attached hydrogens (tertiary/aromatic N) is 3. The fraction of sp³-hybridized carbons (Fsp3) is 0.304. The van der Waals surface area contributed by atoms with Gasteiger partial charge in [-0.15, -0.1) is 0 Å². The number of halogens is 1. The summed E-state index contributed by atoms with van der Waals surface area (Å²) in [5.74, 6) is 0.646. The van der Waals surface area contributed by atoms with Crippen LogP contribution >= 0.6 is 23.4 Å². The Labute approximate surface area is 190 Å². The van der Waals surface area contributed by atoms with Crippen molar-refractivity contribution in [2.45, 2.75) is 32.2 Å². The lowest BCUT2D eigenvalue weighted by molar-refractivity contribution is -0.124. The van der Waals surface area contributed by atoms with Gasteiger partial charge in [0.25, 0.3) is 5.91 Å². The fourth-order valence-electron chi connectivity index (χ4n) is 3.54. The van der Waals surface area contributed by atoms with Gasteiger partial charge in [0, 0.05) is 17.1 Å². The highest BCUT2D eigenvalue weighted by Gasteiger charge is 2.40. The molecule has 0 radical (unpaired) electrons. The molecule has 2 heterocycles. The number of hydrogen-bond donors (Lipinski definition) is 1. The second-order valence-corrected chi connectivity index (χ2v) is 8.74. The topological polar surface area (TPSA) is 74.1 Å². The van der Waals surface area contributed by atoms with Crippen LogP contribution in [0.1, 0.15) is 30.9 Å². The molecule has 2 aromatic carbocycles. The predicted molar refractivity (Wildman–Crippen MR) is 126 cm³/mol. The lowest BCUT2D eigenvalue weighted by Gasteiger charge is -2.25. The molecule has 6 nitrogen and oxygen atoms in total. The number of thioether (sulfide) groups is 1. The molecule has 0 aromatic heterocycles. The Morgan fingerprint density at radius 1 is 1.19 bits per heavy atom. The smallest absolute Gasteiger partial charge is 0.259 e. The standard InChI is InChI=1S/C23H23ClN4O2S/c1-2-5-19-22(30)28-21(26-19)17-6-3-4-7-18(17)27-23(28)31-14-20(29)25-13-12-15-8-10-16(24)11-9-15/h3-4,6-11,19H,2,5,12-14H2,1H3,(H,25,29)/t19-/m0/s1. The SMILES string of the molecule is CCC[C@@H]1N=C2c3ccccc3N=C(SCC(=O)NCCc3ccc(Cl)cc3)N2C1=O. The van der Waals surface area contributed by atoms with Crippen molar-refractivity contribution in [3.8, 4) is 0 Å². The van der Waals surface area contributed by atoms with E-state index in [4.69, 9.17) is 11.6 Å². The number of amides is 2. The Bertz CT molecular complexity index is 1050. The van der Waals surface area contributed by atoms with Crippen LogP contribution in [0.15, 0.2) is 58.5 Å². The van der Waals surface area contributed by atoms with Crippen molar-refractivity contribution in [2.24, 2.45) is 9.98 Å². The number of amidine groups is 2. The summed E-state index contributed by atoms with van der Waals surface area (Å²) in [6.07, 6.45) is 2.30. The minimum Gasteiger partial charge on any atom is -0.355 e. The largest absolute Gasteiger partial charge is 0.355 e. The molecule has 0 saturated heterocycles. The zero-order chi connectivity index (χ0) is 21.8. The van der Waals surface area contributed by atoms with E-state index >= 15 is 0 Å². The second kappa shape index (κ2) is 9.66. The average Bonchev–Trinajstić information content (AvgIpc) is 3.10. The van der Waals surface area contributed by atoms with Crippen LogP contribution in [0.2, 0.25) is 5.02 Å². The molecule has 31 heavy (non-hydrogen) atoms. The minimum absolute atomic E-state index is 0.0688. The molecule has 1 atom stereocenters. The van der Waals surface area contributed by atoms with Crippen molar-refractivity contribution >= 4 is 51.9 Å². The zero-order valence-corrected chi connectivity index (χ0v) is 18.7. The maximum atomic E-state index is 13.0. The third-order valence-corrected chi connectivity index (χ3v) is 6.28. The highest BCUT2D eigenvalue weighted by Crippen LogP contribution is 2.34. The van der Waals surface area contributed by atoms with Crippen molar-refractivity contribution in [1.29, 1.82) is 0 Å². The lowest BCUT2D eigenvalue weighted by atomic mass is 10.1. The summed E-state index contributed by atoms with van der Waals surface area (Å²) in [6, 6.07) is 14.8. The Morgan fingerprint density at radius 2 is 1.97 bits per heavy atom. The summed E-state index contributed by atoms with van der Waals surface area (Å²) in [5, 5.41) is 4.13. The van der Waals surface area contributed by atoms with Gasteiger partial charge in [-0.2, -0.15) is 0 Å². The summed E-state index contributed by atoms with van der Waals surface area (Å²) >= 11 is 7.16. The van der Waals surface area contributed by atoms with Crippen LogP contribution in [-0.4, -0.2) is 46.1 Å². The van der Waals surface area contributed by atoms with E-state index in [2.05, 4.69) is 15.3 Å². The molecule has 0 fully saturated rings. The van der Waals surface area contributed by atoms with E-state index in [9.17, 15) is 9.59 Å². The number of fused-ring (bicyclic) bond motifs is 3. The van der Waals surface area contributed by atoms with E-state index in [1.807, 2.05) is 55.5 Å². The van der Waals surface area contributed by atoms with Crippen molar-refractivity contribution in [3.63, 3.8) is 0 Å². The first-order valence-electron chi connectivity index (χ1n) is 10.3. The molecule has 2 amide bonds. The van der Waals surface area contributed by atoms with E-state index in [-0.39, 0.29) is 23.6 Å². The highest BCUT2D eigenvalue weighted by molar-refractivity contribution is 8.14. The number of rotatable bonds is 7. The van der Waals surface area contributed by atoms with Crippen LogP contribution < -0.4 is 5.32 Å². The van der Waals surface area contributed by atoms with Gasteiger partial charge in [-0.1, -0.05) is 61.0 Å². The number of nitrogens with one attached hydrogen (secondary N) is 1. The first-order chi connectivity index (χ1) is 15.1. The van der Waals surface area contributed by atoms with Gasteiger partial charge in [0.2, 0.25) is 5.91 Å². The van der Waals surface area contributed by atoms with Crippen LogP contribution in [-0.2, 0) is 16.0 Å². The molecular weight excluding hydrogens is 432 g/mol. The van der Waals surface area contributed by atoms with Crippen LogP contribution in [0.5, 0.6) is 0 Å². The molecule has 8 heteroatoms. The molecule has 0 bridgehead atoms. The van der Waals surface area contributed by atoms with Crippen LogP contribution in [0.3, 0.4) is 0 Å². The van der Waals surface area contributed by atoms with E-state index in [0.717, 1.165) is 29.7 Å². The average molecular weight is 455 g/mol. The molecule has 0 saturated carbocycles. The van der Waals surface area contributed by atoms with Gasteiger partial charge in [0.15, 0.2) is 5.17 Å². The predicted octanol–water partition coefficient (Wildman–Crippen LogP) is 4.19. The molecule has 2 aliphatic rings. The Morgan fingerprint density at radius 3 is 2.74 bits per heavy atom.